The smallest absolute Gasteiger partial charge is 0.162 e. The maximum absolute atomic E-state index is 11.7. The molecular formula is C48H50IrN3O2-. The molecular weight excluding hydrogens is 843 g/mol. The monoisotopic (exact) mass is 893 g/mol. The number of pyridine rings is 2. The molecule has 7 aromatic rings. The van der Waals surface area contributed by atoms with Crippen molar-refractivity contribution in [2.75, 3.05) is 0 Å². The first-order valence-corrected chi connectivity index (χ1v) is 19.0. The van der Waals surface area contributed by atoms with Gasteiger partial charge in [-0.05, 0) is 89.4 Å². The molecule has 0 unspecified atom stereocenters. The fraction of sp³-hybridized carbons (Fsp3) is 0.312. The fourth-order valence-corrected chi connectivity index (χ4v) is 7.57. The Hall–Kier alpha value is -4.82. The van der Waals surface area contributed by atoms with Crippen LogP contribution in [0.25, 0.3) is 60.1 Å². The average molecular weight is 893 g/mol. The molecule has 7 rings (SSSR count). The Balaban J connectivity index is 0.000000301. The topological polar surface area (TPSA) is 78.4 Å². The van der Waals surface area contributed by atoms with Gasteiger partial charge in [-0.2, -0.15) is 5.26 Å². The molecule has 1 radical (unpaired) electrons. The van der Waals surface area contributed by atoms with Gasteiger partial charge in [-0.15, -0.1) is 17.5 Å². The molecule has 0 saturated heterocycles. The molecule has 0 saturated carbocycles. The number of aryl methyl sites for hydroxylation is 1. The Morgan fingerprint density at radius 3 is 2.20 bits per heavy atom. The van der Waals surface area contributed by atoms with Crippen LogP contribution in [0, 0.1) is 36.2 Å². The van der Waals surface area contributed by atoms with Crippen LogP contribution in [-0.2, 0) is 30.3 Å². The number of ketones is 1. The van der Waals surface area contributed by atoms with Crippen LogP contribution in [0.5, 0.6) is 0 Å². The van der Waals surface area contributed by atoms with Gasteiger partial charge in [0.25, 0.3) is 0 Å². The number of fused-ring (bicyclic) bond motifs is 9. The van der Waals surface area contributed by atoms with Crippen molar-refractivity contribution in [1.29, 1.82) is 5.26 Å². The molecule has 54 heavy (non-hydrogen) atoms. The van der Waals surface area contributed by atoms with Crippen molar-refractivity contribution >= 4 is 54.8 Å². The van der Waals surface area contributed by atoms with Crippen molar-refractivity contribution in [3.63, 3.8) is 0 Å². The van der Waals surface area contributed by atoms with E-state index in [1.54, 1.807) is 6.20 Å². The third-order valence-corrected chi connectivity index (χ3v) is 10.8. The molecule has 3 aromatic heterocycles. The van der Waals surface area contributed by atoms with E-state index >= 15 is 0 Å². The third-order valence-electron chi connectivity index (χ3n) is 10.8. The first-order valence-electron chi connectivity index (χ1n) is 19.0. The molecule has 6 heteroatoms. The number of nitriles is 1. The van der Waals surface area contributed by atoms with Crippen LogP contribution in [0.3, 0.4) is 0 Å². The zero-order valence-corrected chi connectivity index (χ0v) is 35.1. The largest absolute Gasteiger partial charge is 0.512 e. The zero-order valence-electron chi connectivity index (χ0n) is 32.7. The molecule has 1 N–H and O–H groups in total. The molecule has 0 aliphatic rings. The number of aliphatic hydroxyl groups is 1. The van der Waals surface area contributed by atoms with E-state index in [-0.39, 0.29) is 48.9 Å². The van der Waals surface area contributed by atoms with Crippen LogP contribution in [0.15, 0.2) is 96.9 Å². The Kier molecular flexibility index (Phi) is 12.5. The minimum Gasteiger partial charge on any atom is -0.512 e. The number of carbonyl (C=O) groups is 1. The predicted octanol–water partition coefficient (Wildman–Crippen LogP) is 12.8. The Morgan fingerprint density at radius 1 is 0.852 bits per heavy atom. The van der Waals surface area contributed by atoms with Gasteiger partial charge in [-0.25, -0.2) is 0 Å². The van der Waals surface area contributed by atoms with E-state index in [1.807, 2.05) is 39.8 Å². The summed E-state index contributed by atoms with van der Waals surface area (Å²) in [4.78, 5) is 16.5. The van der Waals surface area contributed by atoms with Crippen LogP contribution < -0.4 is 0 Å². The fourth-order valence-electron chi connectivity index (χ4n) is 7.57. The first-order chi connectivity index (χ1) is 25.4. The number of rotatable bonds is 8. The minimum atomic E-state index is 0. The van der Waals surface area contributed by atoms with Crippen LogP contribution in [0.1, 0.15) is 90.8 Å². The van der Waals surface area contributed by atoms with Crippen LogP contribution >= 0.6 is 0 Å². The number of carbonyl (C=O) groups excluding carboxylic acids is 1. The van der Waals surface area contributed by atoms with Crippen LogP contribution in [0.4, 0.5) is 0 Å². The van der Waals surface area contributed by atoms with E-state index in [0.717, 1.165) is 69.3 Å². The molecule has 5 nitrogen and oxygen atoms in total. The summed E-state index contributed by atoms with van der Waals surface area (Å²) < 4.78 is 2.32. The van der Waals surface area contributed by atoms with Gasteiger partial charge in [-0.1, -0.05) is 114 Å². The van der Waals surface area contributed by atoms with E-state index in [9.17, 15) is 15.2 Å². The number of benzene rings is 4. The maximum Gasteiger partial charge on any atom is 0.162 e. The van der Waals surface area contributed by atoms with E-state index < -0.39 is 0 Å². The summed E-state index contributed by atoms with van der Waals surface area (Å²) in [5.74, 6) is 0.547. The number of aliphatic hydroxyl groups excluding tert-OH is 1. The Bertz CT molecular complexity index is 2560. The molecule has 0 spiro atoms. The average Bonchev–Trinajstić information content (AvgIpc) is 3.55. The molecule has 0 bridgehead atoms. The van der Waals surface area contributed by atoms with Crippen molar-refractivity contribution < 1.29 is 30.0 Å². The summed E-state index contributed by atoms with van der Waals surface area (Å²) in [7, 11) is 0. The molecule has 279 valence electrons. The Morgan fingerprint density at radius 2 is 1.56 bits per heavy atom. The normalized spacial score (nSPS) is 12.1. The molecule has 3 heterocycles. The summed E-state index contributed by atoms with van der Waals surface area (Å²) in [6.07, 6.45) is 6.57. The number of hydrogen-bond donors (Lipinski definition) is 1. The predicted molar refractivity (Wildman–Crippen MR) is 222 cm³/mol. The molecule has 0 aliphatic carbocycles. The number of hydrogen-bond acceptors (Lipinski definition) is 4. The minimum absolute atomic E-state index is 0. The zero-order chi connectivity index (χ0) is 38.0. The molecule has 0 amide bonds. The van der Waals surface area contributed by atoms with E-state index in [2.05, 4.69) is 111 Å². The number of allylic oxidation sites excluding steroid dienone is 2. The van der Waals surface area contributed by atoms with E-state index in [1.165, 1.54) is 33.7 Å². The van der Waals surface area contributed by atoms with Crippen LogP contribution in [-0.4, -0.2) is 20.3 Å². The summed E-state index contributed by atoms with van der Waals surface area (Å²) in [5.41, 5.74) is 9.82. The van der Waals surface area contributed by atoms with Crippen molar-refractivity contribution in [2.24, 2.45) is 11.8 Å². The van der Waals surface area contributed by atoms with Gasteiger partial charge in [0.1, 0.15) is 6.07 Å². The summed E-state index contributed by atoms with van der Waals surface area (Å²) in [5, 5.41) is 24.7. The van der Waals surface area contributed by atoms with Gasteiger partial charge in [-0.3, -0.25) is 9.78 Å². The SMILES string of the molecule is CCC(CC)C(=O)/C=C(\O)C(CC)CC.Cc1cc(C(C)(C)C)ccc1-c1cccc2c1cc1c3cc(C#N)cnc3c3[c-]c4ccccc4cc3n21.[Ir]. The first kappa shape index (κ1) is 40.4. The number of aromatic nitrogens is 2. The van der Waals surface area contributed by atoms with Crippen molar-refractivity contribution in [1.82, 2.24) is 9.38 Å². The molecule has 0 aliphatic heterocycles. The molecule has 4 aromatic carbocycles. The van der Waals surface area contributed by atoms with Gasteiger partial charge in [0, 0.05) is 66.2 Å². The number of nitrogens with zero attached hydrogens (tertiary/aromatic N) is 3. The second-order valence-corrected chi connectivity index (χ2v) is 15.2. The van der Waals surface area contributed by atoms with E-state index in [4.69, 9.17) is 4.98 Å². The third kappa shape index (κ3) is 7.72. The second kappa shape index (κ2) is 16.7. The molecule has 0 atom stereocenters. The van der Waals surface area contributed by atoms with Gasteiger partial charge in [0.05, 0.1) is 11.3 Å². The second-order valence-electron chi connectivity index (χ2n) is 15.2. The van der Waals surface area contributed by atoms with Gasteiger partial charge >= 0.3 is 0 Å². The van der Waals surface area contributed by atoms with Gasteiger partial charge < -0.3 is 9.51 Å². The molecule has 0 fully saturated rings. The maximum atomic E-state index is 11.7. The Labute approximate surface area is 333 Å². The van der Waals surface area contributed by atoms with Crippen molar-refractivity contribution in [3.05, 3.63) is 120 Å². The van der Waals surface area contributed by atoms with Gasteiger partial charge in [0.15, 0.2) is 5.78 Å². The quantitative estimate of drug-likeness (QED) is 0.0542. The summed E-state index contributed by atoms with van der Waals surface area (Å²) >= 11 is 0. The van der Waals surface area contributed by atoms with E-state index in [0.29, 0.717) is 5.56 Å². The summed E-state index contributed by atoms with van der Waals surface area (Å²) in [6.45, 7) is 17.0. The van der Waals surface area contributed by atoms with Gasteiger partial charge in [0.2, 0.25) is 0 Å². The standard InChI is InChI=1S/C35H26N3.C13H24O2.Ir/c1-21-14-25(35(2,3)4)12-13-26(21)27-10-7-11-31-28(27)18-33-29-15-22(19-36)20-37-34(29)30-16-23-8-5-6-9-24(23)17-32(30)38(31)33;1-5-10(6-2)12(14)9-13(15)11(7-3)8-4;/h5-15,17-18,20H,1-4H3;9-11,14H,5-8H2,1-4H3;/q-1;;/b;12-9-;. The van der Waals surface area contributed by atoms with Crippen LogP contribution in [0.2, 0.25) is 0 Å². The summed E-state index contributed by atoms with van der Waals surface area (Å²) in [6, 6.07) is 34.1. The van der Waals surface area contributed by atoms with Crippen molar-refractivity contribution in [2.45, 2.75) is 86.5 Å². The van der Waals surface area contributed by atoms with Crippen molar-refractivity contribution in [3.8, 4) is 17.2 Å².